The van der Waals surface area contributed by atoms with Gasteiger partial charge in [0.25, 0.3) is 5.91 Å². The van der Waals surface area contributed by atoms with Gasteiger partial charge in [-0.25, -0.2) is 9.97 Å². The maximum atomic E-state index is 11.6. The van der Waals surface area contributed by atoms with E-state index in [1.165, 1.54) is 12.4 Å². The zero-order chi connectivity index (χ0) is 12.1. The van der Waals surface area contributed by atoms with E-state index in [0.29, 0.717) is 6.54 Å². The third-order valence-electron chi connectivity index (χ3n) is 2.29. The molecule has 0 aliphatic carbocycles. The van der Waals surface area contributed by atoms with E-state index in [9.17, 15) is 4.79 Å². The first-order valence-corrected chi connectivity index (χ1v) is 5.30. The van der Waals surface area contributed by atoms with E-state index in [1.54, 1.807) is 0 Å². The second-order valence-corrected chi connectivity index (χ2v) is 4.13. The lowest BCUT2D eigenvalue weighted by molar-refractivity contribution is 0.0938. The minimum absolute atomic E-state index is 0.238. The zero-order valence-corrected chi connectivity index (χ0v) is 10.3. The summed E-state index contributed by atoms with van der Waals surface area (Å²) in [5, 5.41) is 3.05. The van der Waals surface area contributed by atoms with Crippen LogP contribution < -0.4 is 5.32 Å². The lowest BCUT2D eigenvalue weighted by Gasteiger charge is -2.19. The fourth-order valence-corrected chi connectivity index (χ4v) is 1.04. The molecular weight excluding hydrogens is 228 g/mol. The van der Waals surface area contributed by atoms with E-state index in [0.717, 1.165) is 0 Å². The maximum absolute atomic E-state index is 11.6. The van der Waals surface area contributed by atoms with Crippen molar-refractivity contribution in [1.29, 1.82) is 0 Å². The highest BCUT2D eigenvalue weighted by molar-refractivity contribution is 6.29. The van der Waals surface area contributed by atoms with Crippen molar-refractivity contribution in [2.45, 2.75) is 13.0 Å². The van der Waals surface area contributed by atoms with E-state index in [2.05, 4.69) is 15.3 Å². The van der Waals surface area contributed by atoms with E-state index in [-0.39, 0.29) is 22.8 Å². The van der Waals surface area contributed by atoms with Gasteiger partial charge in [0.1, 0.15) is 10.8 Å². The Balaban J connectivity index is 2.50. The van der Waals surface area contributed by atoms with Crippen molar-refractivity contribution >= 4 is 17.5 Å². The van der Waals surface area contributed by atoms with Gasteiger partial charge in [-0.2, -0.15) is 0 Å². The fourth-order valence-electron chi connectivity index (χ4n) is 0.943. The second-order valence-electron chi connectivity index (χ2n) is 3.75. The summed E-state index contributed by atoms with van der Waals surface area (Å²) < 4.78 is 0. The van der Waals surface area contributed by atoms with Crippen LogP contribution in [0, 0.1) is 0 Å². The smallest absolute Gasteiger partial charge is 0.271 e. The topological polar surface area (TPSA) is 58.1 Å². The molecule has 0 aromatic carbocycles. The van der Waals surface area contributed by atoms with Crippen molar-refractivity contribution in [3.8, 4) is 0 Å². The van der Waals surface area contributed by atoms with Gasteiger partial charge in [-0.15, -0.1) is 0 Å². The SMILES string of the molecule is CC(CNC(=O)c1cnc(Cl)cn1)N(C)C. The van der Waals surface area contributed by atoms with Crippen molar-refractivity contribution in [1.82, 2.24) is 20.2 Å². The molecule has 0 fully saturated rings. The highest BCUT2D eigenvalue weighted by atomic mass is 35.5. The second kappa shape index (κ2) is 5.77. The van der Waals surface area contributed by atoms with Gasteiger partial charge in [0.15, 0.2) is 0 Å². The summed E-state index contributed by atoms with van der Waals surface area (Å²) in [7, 11) is 3.91. The van der Waals surface area contributed by atoms with Crippen LogP contribution in [0.4, 0.5) is 0 Å². The summed E-state index contributed by atoms with van der Waals surface area (Å²) in [6.45, 7) is 2.59. The zero-order valence-electron chi connectivity index (χ0n) is 9.57. The summed E-state index contributed by atoms with van der Waals surface area (Å²) in [6.07, 6.45) is 2.71. The van der Waals surface area contributed by atoms with Gasteiger partial charge in [0.2, 0.25) is 0 Å². The summed E-state index contributed by atoms with van der Waals surface area (Å²) >= 11 is 5.57. The van der Waals surface area contributed by atoms with Crippen LogP contribution in [0.2, 0.25) is 5.15 Å². The number of halogens is 1. The number of aromatic nitrogens is 2. The van der Waals surface area contributed by atoms with Crippen LogP contribution in [0.3, 0.4) is 0 Å². The molecular formula is C10H15ClN4O. The average molecular weight is 243 g/mol. The number of nitrogens with zero attached hydrogens (tertiary/aromatic N) is 3. The first-order valence-electron chi connectivity index (χ1n) is 4.93. The molecule has 1 heterocycles. The fraction of sp³-hybridized carbons (Fsp3) is 0.500. The molecule has 1 unspecified atom stereocenters. The molecule has 0 spiro atoms. The van der Waals surface area contributed by atoms with Crippen LogP contribution in [0.5, 0.6) is 0 Å². The third-order valence-corrected chi connectivity index (χ3v) is 2.49. The van der Waals surface area contributed by atoms with Crippen molar-refractivity contribution in [3.63, 3.8) is 0 Å². The lowest BCUT2D eigenvalue weighted by Crippen LogP contribution is -2.38. The number of hydrogen-bond donors (Lipinski definition) is 1. The number of amides is 1. The number of rotatable bonds is 4. The summed E-state index contributed by atoms with van der Waals surface area (Å²) in [5.41, 5.74) is 0.273. The molecule has 6 heteroatoms. The molecule has 1 aromatic heterocycles. The van der Waals surface area contributed by atoms with Crippen LogP contribution in [-0.4, -0.2) is 47.5 Å². The molecule has 0 saturated heterocycles. The molecule has 1 amide bonds. The molecule has 5 nitrogen and oxygen atoms in total. The van der Waals surface area contributed by atoms with Crippen molar-refractivity contribution in [2.24, 2.45) is 0 Å². The van der Waals surface area contributed by atoms with Crippen LogP contribution in [0.25, 0.3) is 0 Å². The van der Waals surface area contributed by atoms with Gasteiger partial charge < -0.3 is 10.2 Å². The molecule has 0 aliphatic rings. The van der Waals surface area contributed by atoms with Crippen molar-refractivity contribution in [3.05, 3.63) is 23.2 Å². The number of hydrogen-bond acceptors (Lipinski definition) is 4. The van der Waals surface area contributed by atoms with Gasteiger partial charge in [-0.05, 0) is 21.0 Å². The van der Waals surface area contributed by atoms with E-state index >= 15 is 0 Å². The molecule has 88 valence electrons. The Kier molecular flexibility index (Phi) is 4.64. The molecule has 0 aliphatic heterocycles. The van der Waals surface area contributed by atoms with Crippen molar-refractivity contribution in [2.75, 3.05) is 20.6 Å². The lowest BCUT2D eigenvalue weighted by atomic mass is 10.3. The molecule has 1 rings (SSSR count). The summed E-state index contributed by atoms with van der Waals surface area (Å²) in [4.78, 5) is 21.3. The largest absolute Gasteiger partial charge is 0.349 e. The molecule has 1 aromatic rings. The highest BCUT2D eigenvalue weighted by Gasteiger charge is 2.10. The van der Waals surface area contributed by atoms with Gasteiger partial charge in [0.05, 0.1) is 12.4 Å². The quantitative estimate of drug-likeness (QED) is 0.849. The van der Waals surface area contributed by atoms with Gasteiger partial charge in [0, 0.05) is 12.6 Å². The molecule has 1 N–H and O–H groups in total. The Morgan fingerprint density at radius 3 is 2.69 bits per heavy atom. The molecule has 0 saturated carbocycles. The van der Waals surface area contributed by atoms with Crippen molar-refractivity contribution < 1.29 is 4.79 Å². The number of nitrogens with one attached hydrogen (secondary N) is 1. The minimum atomic E-state index is -0.238. The van der Waals surface area contributed by atoms with Crippen LogP contribution >= 0.6 is 11.6 Å². The summed E-state index contributed by atoms with van der Waals surface area (Å²) in [6, 6.07) is 0.268. The van der Waals surface area contributed by atoms with Crippen LogP contribution in [0.15, 0.2) is 12.4 Å². The predicted molar refractivity (Wildman–Crippen MR) is 62.5 cm³/mol. The molecule has 16 heavy (non-hydrogen) atoms. The van der Waals surface area contributed by atoms with E-state index in [4.69, 9.17) is 11.6 Å². The normalized spacial score (nSPS) is 12.6. The standard InChI is InChI=1S/C10H15ClN4O/c1-7(15(2)3)4-14-10(16)8-5-13-9(11)6-12-8/h5-7H,4H2,1-3H3,(H,14,16). The van der Waals surface area contributed by atoms with E-state index < -0.39 is 0 Å². The van der Waals surface area contributed by atoms with E-state index in [1.807, 2.05) is 25.9 Å². The number of likely N-dealkylation sites (N-methyl/N-ethyl adjacent to an activating group) is 1. The first kappa shape index (κ1) is 12.9. The Hall–Kier alpha value is -1.20. The maximum Gasteiger partial charge on any atom is 0.271 e. The Morgan fingerprint density at radius 1 is 1.50 bits per heavy atom. The average Bonchev–Trinajstić information content (AvgIpc) is 2.26. The van der Waals surface area contributed by atoms with Gasteiger partial charge in [-0.3, -0.25) is 4.79 Å². The molecule has 0 radical (unpaired) electrons. The summed E-state index contributed by atoms with van der Waals surface area (Å²) in [5.74, 6) is -0.238. The Morgan fingerprint density at radius 2 is 2.19 bits per heavy atom. The van der Waals surface area contributed by atoms with Gasteiger partial charge >= 0.3 is 0 Å². The van der Waals surface area contributed by atoms with Crippen LogP contribution in [0.1, 0.15) is 17.4 Å². The Labute approximate surface area is 99.8 Å². The highest BCUT2D eigenvalue weighted by Crippen LogP contribution is 2.01. The van der Waals surface area contributed by atoms with Gasteiger partial charge in [-0.1, -0.05) is 11.6 Å². The molecule has 1 atom stereocenters. The van der Waals surface area contributed by atoms with Crippen LogP contribution in [-0.2, 0) is 0 Å². The Bertz CT molecular complexity index is 352. The minimum Gasteiger partial charge on any atom is -0.349 e. The third kappa shape index (κ3) is 3.75. The predicted octanol–water partition coefficient (Wildman–Crippen LogP) is 0.810. The first-order chi connectivity index (χ1) is 7.50. The number of carbonyl (C=O) groups excluding carboxylic acids is 1. The monoisotopic (exact) mass is 242 g/mol. The number of carbonyl (C=O) groups is 1. The molecule has 0 bridgehead atoms.